The van der Waals surface area contributed by atoms with Gasteiger partial charge in [-0.05, 0) is 40.8 Å². The molecule has 134 valence electrons. The Bertz CT molecular complexity index is 1320. The van der Waals surface area contributed by atoms with E-state index in [-0.39, 0.29) is 5.92 Å². The first-order valence-electron chi connectivity index (χ1n) is 9.58. The molecule has 0 amide bonds. The van der Waals surface area contributed by atoms with E-state index in [1.165, 1.54) is 49.5 Å². The minimum atomic E-state index is 0.111. The van der Waals surface area contributed by atoms with Crippen LogP contribution in [0.2, 0.25) is 0 Å². The monoisotopic (exact) mass is 361 g/mol. The second-order valence-electron chi connectivity index (χ2n) is 7.32. The second-order valence-corrected chi connectivity index (χ2v) is 7.32. The summed E-state index contributed by atoms with van der Waals surface area (Å²) in [5, 5.41) is 3.76. The third kappa shape index (κ3) is 2.23. The molecule has 3 N–H and O–H groups in total. The summed E-state index contributed by atoms with van der Waals surface area (Å²) in [6.45, 7) is 0. The van der Waals surface area contributed by atoms with Crippen molar-refractivity contribution in [1.82, 2.24) is 15.0 Å². The molecule has 0 saturated heterocycles. The van der Waals surface area contributed by atoms with E-state index < -0.39 is 0 Å². The topological polar surface area (TPSA) is 47.4 Å². The van der Waals surface area contributed by atoms with Crippen molar-refractivity contribution in [2.75, 3.05) is 0 Å². The summed E-state index contributed by atoms with van der Waals surface area (Å²) < 4.78 is 0. The van der Waals surface area contributed by atoms with Crippen LogP contribution in [-0.4, -0.2) is 15.0 Å². The number of nitrogens with one attached hydrogen (secondary N) is 3. The molecular formula is C25H19N3. The summed E-state index contributed by atoms with van der Waals surface area (Å²) in [4.78, 5) is 10.6. The van der Waals surface area contributed by atoms with Gasteiger partial charge < -0.3 is 15.0 Å². The van der Waals surface area contributed by atoms with E-state index in [0.29, 0.717) is 0 Å². The Kier molecular flexibility index (Phi) is 3.23. The SMILES string of the molecule is c1ccc2[nH]c(C(c3c[nH]c4ccccc34)c3c[nH]c4ccccc34)cc2c1. The summed E-state index contributed by atoms with van der Waals surface area (Å²) in [5.74, 6) is 0.111. The van der Waals surface area contributed by atoms with Gasteiger partial charge in [0.1, 0.15) is 0 Å². The molecule has 0 aliphatic rings. The van der Waals surface area contributed by atoms with Crippen LogP contribution in [0.15, 0.2) is 91.3 Å². The smallest absolute Gasteiger partial charge is 0.0533 e. The Balaban J connectivity index is 1.66. The predicted molar refractivity (Wildman–Crippen MR) is 116 cm³/mol. The zero-order valence-corrected chi connectivity index (χ0v) is 15.2. The minimum absolute atomic E-state index is 0.111. The third-order valence-electron chi connectivity index (χ3n) is 5.73. The molecule has 0 aliphatic heterocycles. The van der Waals surface area contributed by atoms with Crippen molar-refractivity contribution in [2.24, 2.45) is 0 Å². The van der Waals surface area contributed by atoms with Crippen molar-refractivity contribution >= 4 is 32.7 Å². The molecule has 0 spiro atoms. The van der Waals surface area contributed by atoms with Crippen LogP contribution >= 0.6 is 0 Å². The number of hydrogen-bond donors (Lipinski definition) is 3. The summed E-state index contributed by atoms with van der Waals surface area (Å²) in [5.41, 5.74) is 7.27. The maximum Gasteiger partial charge on any atom is 0.0533 e. The van der Waals surface area contributed by atoms with Crippen LogP contribution in [0.1, 0.15) is 22.7 Å². The van der Waals surface area contributed by atoms with Crippen molar-refractivity contribution in [2.45, 2.75) is 5.92 Å². The molecule has 3 nitrogen and oxygen atoms in total. The van der Waals surface area contributed by atoms with Crippen molar-refractivity contribution in [3.63, 3.8) is 0 Å². The average Bonchev–Trinajstić information content (AvgIpc) is 3.46. The van der Waals surface area contributed by atoms with Crippen molar-refractivity contribution in [3.8, 4) is 0 Å². The largest absolute Gasteiger partial charge is 0.361 e. The quantitative estimate of drug-likeness (QED) is 0.331. The lowest BCUT2D eigenvalue weighted by atomic mass is 9.88. The van der Waals surface area contributed by atoms with Crippen LogP contribution < -0.4 is 0 Å². The fourth-order valence-corrected chi connectivity index (χ4v) is 4.42. The Morgan fingerprint density at radius 1 is 0.571 bits per heavy atom. The van der Waals surface area contributed by atoms with Crippen LogP contribution in [0.5, 0.6) is 0 Å². The number of rotatable bonds is 3. The standard InChI is InChI=1S/C25H19N3/c1-4-10-21-16(7-1)13-24(28-21)25(19-14-26-22-11-5-2-8-17(19)22)20-15-27-23-12-6-3-9-18(20)23/h1-15,25-28H. The normalized spacial score (nSPS) is 11.9. The van der Waals surface area contributed by atoms with Crippen molar-refractivity contribution < 1.29 is 0 Å². The highest BCUT2D eigenvalue weighted by Crippen LogP contribution is 2.39. The van der Waals surface area contributed by atoms with Crippen LogP contribution in [0.25, 0.3) is 32.7 Å². The lowest BCUT2D eigenvalue weighted by molar-refractivity contribution is 0.956. The van der Waals surface area contributed by atoms with Gasteiger partial charge in [-0.15, -0.1) is 0 Å². The van der Waals surface area contributed by atoms with Crippen molar-refractivity contribution in [1.29, 1.82) is 0 Å². The fraction of sp³-hybridized carbons (Fsp3) is 0.0400. The molecule has 0 fully saturated rings. The van der Waals surface area contributed by atoms with E-state index in [9.17, 15) is 0 Å². The molecule has 0 saturated carbocycles. The maximum atomic E-state index is 3.67. The number of aromatic nitrogens is 3. The van der Waals surface area contributed by atoms with E-state index >= 15 is 0 Å². The fourth-order valence-electron chi connectivity index (χ4n) is 4.42. The molecule has 0 unspecified atom stereocenters. The molecule has 0 bridgehead atoms. The molecule has 3 aromatic heterocycles. The zero-order chi connectivity index (χ0) is 18.5. The van der Waals surface area contributed by atoms with Gasteiger partial charge >= 0.3 is 0 Å². The molecule has 0 aliphatic carbocycles. The molecule has 3 heteroatoms. The molecular weight excluding hydrogens is 342 g/mol. The number of aromatic amines is 3. The highest BCUT2D eigenvalue weighted by atomic mass is 14.7. The van der Waals surface area contributed by atoms with Gasteiger partial charge in [0.25, 0.3) is 0 Å². The average molecular weight is 361 g/mol. The van der Waals surface area contributed by atoms with E-state index in [1.54, 1.807) is 0 Å². The summed E-state index contributed by atoms with van der Waals surface area (Å²) in [6, 6.07) is 27.8. The maximum absolute atomic E-state index is 3.67. The summed E-state index contributed by atoms with van der Waals surface area (Å²) in [7, 11) is 0. The van der Waals surface area contributed by atoms with E-state index in [2.05, 4.69) is 106 Å². The van der Waals surface area contributed by atoms with E-state index in [4.69, 9.17) is 0 Å². The highest BCUT2D eigenvalue weighted by Gasteiger charge is 2.24. The van der Waals surface area contributed by atoms with E-state index in [1.807, 2.05) is 0 Å². The van der Waals surface area contributed by atoms with Gasteiger partial charge in [0, 0.05) is 45.4 Å². The van der Waals surface area contributed by atoms with Gasteiger partial charge in [0.15, 0.2) is 0 Å². The molecule has 0 radical (unpaired) electrons. The predicted octanol–water partition coefficient (Wildman–Crippen LogP) is 6.31. The number of benzene rings is 3. The lowest BCUT2D eigenvalue weighted by Gasteiger charge is -2.15. The summed E-state index contributed by atoms with van der Waals surface area (Å²) >= 11 is 0. The number of H-pyrrole nitrogens is 3. The lowest BCUT2D eigenvalue weighted by Crippen LogP contribution is -2.02. The zero-order valence-electron chi connectivity index (χ0n) is 15.2. The molecule has 28 heavy (non-hydrogen) atoms. The van der Waals surface area contributed by atoms with Gasteiger partial charge in [-0.1, -0.05) is 54.6 Å². The molecule has 3 heterocycles. The minimum Gasteiger partial charge on any atom is -0.361 e. The van der Waals surface area contributed by atoms with Gasteiger partial charge in [-0.3, -0.25) is 0 Å². The van der Waals surface area contributed by atoms with Crippen LogP contribution in [-0.2, 0) is 0 Å². The first-order valence-corrected chi connectivity index (χ1v) is 9.58. The molecule has 6 rings (SSSR count). The summed E-state index contributed by atoms with van der Waals surface area (Å²) in [6.07, 6.45) is 4.31. The highest BCUT2D eigenvalue weighted by molar-refractivity contribution is 5.90. The first-order chi connectivity index (χ1) is 13.9. The second kappa shape index (κ2) is 5.89. The van der Waals surface area contributed by atoms with Crippen LogP contribution in [0, 0.1) is 0 Å². The number of para-hydroxylation sites is 3. The van der Waals surface area contributed by atoms with E-state index in [0.717, 1.165) is 0 Å². The van der Waals surface area contributed by atoms with Gasteiger partial charge in [-0.25, -0.2) is 0 Å². The van der Waals surface area contributed by atoms with Gasteiger partial charge in [0.2, 0.25) is 0 Å². The number of hydrogen-bond acceptors (Lipinski definition) is 0. The van der Waals surface area contributed by atoms with Gasteiger partial charge in [0.05, 0.1) is 5.92 Å². The first kappa shape index (κ1) is 15.3. The van der Waals surface area contributed by atoms with Crippen LogP contribution in [0.4, 0.5) is 0 Å². The van der Waals surface area contributed by atoms with Gasteiger partial charge in [-0.2, -0.15) is 0 Å². The Morgan fingerprint density at radius 3 is 1.71 bits per heavy atom. The Morgan fingerprint density at radius 2 is 1.11 bits per heavy atom. The third-order valence-corrected chi connectivity index (χ3v) is 5.73. The van der Waals surface area contributed by atoms with Crippen molar-refractivity contribution in [3.05, 3.63) is 108 Å². The van der Waals surface area contributed by atoms with Crippen LogP contribution in [0.3, 0.4) is 0 Å². The molecule has 6 aromatic rings. The molecule has 0 atom stereocenters. The number of fused-ring (bicyclic) bond motifs is 3. The molecule has 3 aromatic carbocycles. The Labute approximate surface area is 162 Å². The Hall–Kier alpha value is -3.72.